The van der Waals surface area contributed by atoms with E-state index in [2.05, 4.69) is 9.97 Å². The van der Waals surface area contributed by atoms with Gasteiger partial charge in [0.1, 0.15) is 0 Å². The Balaban J connectivity index is 2.01. The van der Waals surface area contributed by atoms with E-state index < -0.39 is 0 Å². The van der Waals surface area contributed by atoms with Gasteiger partial charge in [0.25, 0.3) is 0 Å². The van der Waals surface area contributed by atoms with Crippen molar-refractivity contribution in [1.82, 2.24) is 19.1 Å². The summed E-state index contributed by atoms with van der Waals surface area (Å²) < 4.78 is 8.35. The number of anilines is 1. The molecule has 0 saturated carbocycles. The summed E-state index contributed by atoms with van der Waals surface area (Å²) in [5.41, 5.74) is 10.7. The zero-order valence-electron chi connectivity index (χ0n) is 14.1. The standard InChI is InChI=1S/C18H17N5O2/c1-22-15-9-20-14-5-4-10(6-12(14)16(15)23(2)18(22)24)11-7-13(19)17(25-3)21-8-11/h4-9H,19H2,1-3H3. The van der Waals surface area contributed by atoms with Crippen LogP contribution >= 0.6 is 0 Å². The van der Waals surface area contributed by atoms with Gasteiger partial charge in [0, 0.05) is 31.2 Å². The highest BCUT2D eigenvalue weighted by molar-refractivity contribution is 6.03. The largest absolute Gasteiger partial charge is 0.480 e. The molecule has 3 aromatic heterocycles. The van der Waals surface area contributed by atoms with Crippen molar-refractivity contribution in [2.45, 2.75) is 0 Å². The van der Waals surface area contributed by atoms with Crippen LogP contribution in [0, 0.1) is 0 Å². The van der Waals surface area contributed by atoms with Gasteiger partial charge < -0.3 is 10.5 Å². The average Bonchev–Trinajstić information content (AvgIpc) is 2.85. The maximum Gasteiger partial charge on any atom is 0.328 e. The first-order valence-corrected chi connectivity index (χ1v) is 7.75. The van der Waals surface area contributed by atoms with Crippen molar-refractivity contribution in [2.24, 2.45) is 14.1 Å². The molecule has 1 aromatic carbocycles. The van der Waals surface area contributed by atoms with Crippen molar-refractivity contribution < 1.29 is 4.74 Å². The van der Waals surface area contributed by atoms with Gasteiger partial charge in [-0.2, -0.15) is 0 Å². The van der Waals surface area contributed by atoms with E-state index in [1.54, 1.807) is 35.6 Å². The first-order valence-electron chi connectivity index (χ1n) is 7.75. The molecule has 0 aliphatic rings. The Morgan fingerprint density at radius 1 is 1.04 bits per heavy atom. The van der Waals surface area contributed by atoms with Crippen LogP contribution < -0.4 is 16.2 Å². The number of hydrogen-bond donors (Lipinski definition) is 1. The molecular weight excluding hydrogens is 318 g/mol. The van der Waals surface area contributed by atoms with E-state index in [0.29, 0.717) is 11.6 Å². The molecule has 0 atom stereocenters. The summed E-state index contributed by atoms with van der Waals surface area (Å²) in [4.78, 5) is 21.0. The summed E-state index contributed by atoms with van der Waals surface area (Å²) in [6.45, 7) is 0. The minimum Gasteiger partial charge on any atom is -0.480 e. The van der Waals surface area contributed by atoms with Crippen LogP contribution in [0.4, 0.5) is 5.69 Å². The van der Waals surface area contributed by atoms with Crippen molar-refractivity contribution >= 4 is 27.6 Å². The third kappa shape index (κ3) is 2.16. The number of methoxy groups -OCH3 is 1. The number of aromatic nitrogens is 4. The molecule has 0 unspecified atom stereocenters. The normalized spacial score (nSPS) is 11.3. The van der Waals surface area contributed by atoms with E-state index in [0.717, 1.165) is 33.1 Å². The van der Waals surface area contributed by atoms with Gasteiger partial charge in [-0.3, -0.25) is 14.1 Å². The third-order valence-corrected chi connectivity index (χ3v) is 4.50. The van der Waals surface area contributed by atoms with Crippen molar-refractivity contribution in [3.05, 3.63) is 47.1 Å². The quantitative estimate of drug-likeness (QED) is 0.606. The fourth-order valence-electron chi connectivity index (χ4n) is 3.17. The number of pyridine rings is 2. The molecule has 0 radical (unpaired) electrons. The van der Waals surface area contributed by atoms with E-state index in [-0.39, 0.29) is 5.69 Å². The van der Waals surface area contributed by atoms with E-state index >= 15 is 0 Å². The van der Waals surface area contributed by atoms with Crippen LogP contribution in [-0.2, 0) is 14.1 Å². The number of aryl methyl sites for hydroxylation is 2. The molecule has 0 aliphatic carbocycles. The lowest BCUT2D eigenvalue weighted by molar-refractivity contribution is 0.400. The third-order valence-electron chi connectivity index (χ3n) is 4.50. The molecule has 7 nitrogen and oxygen atoms in total. The lowest BCUT2D eigenvalue weighted by Crippen LogP contribution is -2.19. The molecule has 0 amide bonds. The number of hydrogen-bond acceptors (Lipinski definition) is 5. The summed E-state index contributed by atoms with van der Waals surface area (Å²) in [7, 11) is 5.05. The minimum absolute atomic E-state index is 0.0786. The molecule has 126 valence electrons. The van der Waals surface area contributed by atoms with Gasteiger partial charge in [0.15, 0.2) is 0 Å². The van der Waals surface area contributed by atoms with Gasteiger partial charge in [-0.05, 0) is 23.8 Å². The molecule has 4 aromatic rings. The number of ether oxygens (including phenoxy) is 1. The molecule has 0 fully saturated rings. The zero-order chi connectivity index (χ0) is 17.7. The number of nitrogen functional groups attached to an aromatic ring is 1. The van der Waals surface area contributed by atoms with Crippen LogP contribution in [0.3, 0.4) is 0 Å². The molecule has 2 N–H and O–H groups in total. The number of imidazole rings is 1. The van der Waals surface area contributed by atoms with Crippen molar-refractivity contribution in [1.29, 1.82) is 0 Å². The molecule has 0 bridgehead atoms. The summed E-state index contributed by atoms with van der Waals surface area (Å²) in [5, 5.41) is 0.907. The SMILES string of the molecule is COc1ncc(-c2ccc3ncc4c(c3c2)n(C)c(=O)n4C)cc1N. The van der Waals surface area contributed by atoms with Crippen LogP contribution in [-0.4, -0.2) is 26.2 Å². The molecular formula is C18H17N5O2. The Bertz CT molecular complexity index is 1190. The molecule has 7 heteroatoms. The molecule has 3 heterocycles. The number of nitrogens with zero attached hydrogens (tertiary/aromatic N) is 4. The summed E-state index contributed by atoms with van der Waals surface area (Å²) in [6, 6.07) is 7.73. The summed E-state index contributed by atoms with van der Waals surface area (Å²) in [6.07, 6.45) is 3.44. The number of nitrogens with two attached hydrogens (primary N) is 1. The molecule has 0 aliphatic heterocycles. The van der Waals surface area contributed by atoms with Crippen LogP contribution in [0.5, 0.6) is 5.88 Å². The second kappa shape index (κ2) is 5.34. The van der Waals surface area contributed by atoms with Gasteiger partial charge in [0.05, 0.1) is 35.5 Å². The van der Waals surface area contributed by atoms with Crippen molar-refractivity contribution in [3.8, 4) is 17.0 Å². The van der Waals surface area contributed by atoms with Crippen molar-refractivity contribution in [2.75, 3.05) is 12.8 Å². The van der Waals surface area contributed by atoms with E-state index in [4.69, 9.17) is 10.5 Å². The average molecular weight is 335 g/mol. The monoisotopic (exact) mass is 335 g/mol. The maximum absolute atomic E-state index is 12.3. The summed E-state index contributed by atoms with van der Waals surface area (Å²) >= 11 is 0. The fourth-order valence-corrected chi connectivity index (χ4v) is 3.17. The molecule has 4 rings (SSSR count). The lowest BCUT2D eigenvalue weighted by Gasteiger charge is -2.08. The number of rotatable bonds is 2. The van der Waals surface area contributed by atoms with Crippen LogP contribution in [0.25, 0.3) is 33.1 Å². The van der Waals surface area contributed by atoms with Crippen LogP contribution in [0.1, 0.15) is 0 Å². The Hall–Kier alpha value is -3.35. The van der Waals surface area contributed by atoms with Gasteiger partial charge in [-0.25, -0.2) is 9.78 Å². The van der Waals surface area contributed by atoms with E-state index in [9.17, 15) is 4.79 Å². The van der Waals surface area contributed by atoms with Crippen LogP contribution in [0.2, 0.25) is 0 Å². The minimum atomic E-state index is -0.0786. The Kier molecular flexibility index (Phi) is 3.24. The predicted octanol–water partition coefficient (Wildman–Crippen LogP) is 2.08. The van der Waals surface area contributed by atoms with Gasteiger partial charge in [0.2, 0.25) is 5.88 Å². The smallest absolute Gasteiger partial charge is 0.328 e. The Morgan fingerprint density at radius 2 is 1.84 bits per heavy atom. The Labute approximate surface area is 143 Å². The first-order chi connectivity index (χ1) is 12.0. The second-order valence-electron chi connectivity index (χ2n) is 5.95. The maximum atomic E-state index is 12.3. The van der Waals surface area contributed by atoms with Gasteiger partial charge in [-0.15, -0.1) is 0 Å². The number of fused-ring (bicyclic) bond motifs is 3. The lowest BCUT2D eigenvalue weighted by atomic mass is 10.0. The Morgan fingerprint density at radius 3 is 2.56 bits per heavy atom. The zero-order valence-corrected chi connectivity index (χ0v) is 14.1. The molecule has 25 heavy (non-hydrogen) atoms. The second-order valence-corrected chi connectivity index (χ2v) is 5.95. The van der Waals surface area contributed by atoms with E-state index in [1.807, 2.05) is 24.3 Å². The molecule has 0 spiro atoms. The van der Waals surface area contributed by atoms with Gasteiger partial charge in [-0.1, -0.05) is 6.07 Å². The highest BCUT2D eigenvalue weighted by Gasteiger charge is 2.13. The first kappa shape index (κ1) is 15.2. The number of benzene rings is 1. The topological polar surface area (TPSA) is 88.0 Å². The van der Waals surface area contributed by atoms with Crippen LogP contribution in [0.15, 0.2) is 41.5 Å². The van der Waals surface area contributed by atoms with Crippen molar-refractivity contribution in [3.63, 3.8) is 0 Å². The van der Waals surface area contributed by atoms with Gasteiger partial charge >= 0.3 is 5.69 Å². The highest BCUT2D eigenvalue weighted by Crippen LogP contribution is 2.30. The summed E-state index contributed by atoms with van der Waals surface area (Å²) in [5.74, 6) is 0.402. The van der Waals surface area contributed by atoms with E-state index in [1.165, 1.54) is 7.11 Å². The molecule has 0 saturated heterocycles. The predicted molar refractivity (Wildman–Crippen MR) is 97.7 cm³/mol. The highest BCUT2D eigenvalue weighted by atomic mass is 16.5. The fraction of sp³-hybridized carbons (Fsp3) is 0.167.